The van der Waals surface area contributed by atoms with Crippen molar-refractivity contribution >= 4 is 21.9 Å². The van der Waals surface area contributed by atoms with Gasteiger partial charge in [0.05, 0.1) is 0 Å². The van der Waals surface area contributed by atoms with Crippen LogP contribution in [-0.2, 0) is 4.79 Å². The third-order valence-electron chi connectivity index (χ3n) is 2.99. The number of carboxylic acid groups (broad SMARTS) is 1. The van der Waals surface area contributed by atoms with Gasteiger partial charge in [0.25, 0.3) is 0 Å². The molecule has 3 heteroatoms. The Balaban J connectivity index is 3.30. The number of alkyl halides is 1. The quantitative estimate of drug-likeness (QED) is 0.458. The molecule has 0 saturated heterocycles. The molecule has 0 heterocycles. The molecule has 2 nitrogen and oxygen atoms in total. The van der Waals surface area contributed by atoms with E-state index in [-0.39, 0.29) is 0 Å². The Morgan fingerprint density at radius 3 is 1.88 bits per heavy atom. The lowest BCUT2D eigenvalue weighted by atomic mass is 9.87. The van der Waals surface area contributed by atoms with Crippen molar-refractivity contribution in [3.63, 3.8) is 0 Å². The summed E-state index contributed by atoms with van der Waals surface area (Å²) >= 11 is 3.42. The first-order valence-corrected chi connectivity index (χ1v) is 7.40. The molecule has 0 radical (unpaired) electrons. The molecule has 0 fully saturated rings. The topological polar surface area (TPSA) is 40.1 Å². The van der Waals surface area contributed by atoms with Gasteiger partial charge in [-0.1, -0.05) is 68.3 Å². The summed E-state index contributed by atoms with van der Waals surface area (Å²) in [6, 6.07) is 0. The van der Waals surface area contributed by atoms with E-state index in [0.29, 0.717) is 0 Å². The molecular weight excluding hydrogens is 268 g/mol. The maximum atomic E-state index is 10.7. The van der Waals surface area contributed by atoms with E-state index in [1.165, 1.54) is 32.1 Å². The number of unbranched alkanes of at least 4 members (excludes halogenated alkanes) is 6. The average Bonchev–Trinajstić information content (AvgIpc) is 2.21. The van der Waals surface area contributed by atoms with Crippen molar-refractivity contribution in [3.05, 3.63) is 0 Å². The number of hydrogen-bond donors (Lipinski definition) is 0. The van der Waals surface area contributed by atoms with Crippen molar-refractivity contribution in [1.29, 1.82) is 0 Å². The molecule has 0 aliphatic carbocycles. The summed E-state index contributed by atoms with van der Waals surface area (Å²) < 4.78 is 0. The Morgan fingerprint density at radius 2 is 1.44 bits per heavy atom. The smallest absolute Gasteiger partial charge is 0.0470 e. The highest BCUT2D eigenvalue weighted by molar-refractivity contribution is 9.09. The van der Waals surface area contributed by atoms with E-state index in [1.54, 1.807) is 13.8 Å². The van der Waals surface area contributed by atoms with Crippen LogP contribution >= 0.6 is 15.9 Å². The molecule has 0 amide bonds. The van der Waals surface area contributed by atoms with Crippen molar-refractivity contribution in [1.82, 2.24) is 0 Å². The van der Waals surface area contributed by atoms with Crippen LogP contribution in [0.15, 0.2) is 0 Å². The number of carboxylic acids is 1. The first-order chi connectivity index (χ1) is 7.50. The van der Waals surface area contributed by atoms with Crippen LogP contribution in [-0.4, -0.2) is 11.3 Å². The van der Waals surface area contributed by atoms with Crippen LogP contribution in [0, 0.1) is 5.41 Å². The molecule has 0 saturated carbocycles. The van der Waals surface area contributed by atoms with E-state index < -0.39 is 11.4 Å². The summed E-state index contributed by atoms with van der Waals surface area (Å²) in [5.74, 6) is -0.926. The lowest BCUT2D eigenvalue weighted by Gasteiger charge is -2.25. The minimum atomic E-state index is -0.926. The van der Waals surface area contributed by atoms with Gasteiger partial charge in [0.2, 0.25) is 0 Å². The minimum absolute atomic E-state index is 0.657. The fraction of sp³-hybridized carbons (Fsp3) is 0.923. The highest BCUT2D eigenvalue weighted by atomic mass is 79.9. The second-order valence-electron chi connectivity index (χ2n) is 5.09. The van der Waals surface area contributed by atoms with Crippen molar-refractivity contribution < 1.29 is 9.90 Å². The third-order valence-corrected chi connectivity index (χ3v) is 3.55. The Kier molecular flexibility index (Phi) is 9.00. The van der Waals surface area contributed by atoms with Crippen molar-refractivity contribution in [2.45, 2.75) is 65.2 Å². The molecule has 0 aromatic heterocycles. The summed E-state index contributed by atoms with van der Waals surface area (Å²) in [6.07, 6.45) is 9.24. The zero-order chi connectivity index (χ0) is 12.4. The lowest BCUT2D eigenvalue weighted by molar-refractivity contribution is -0.317. The maximum absolute atomic E-state index is 10.7. The summed E-state index contributed by atoms with van der Waals surface area (Å²) in [6.45, 7) is 3.50. The summed E-state index contributed by atoms with van der Waals surface area (Å²) in [5.41, 5.74) is -0.657. The molecule has 0 aromatic rings. The predicted octanol–water partition coefficient (Wildman–Crippen LogP) is 3.28. The van der Waals surface area contributed by atoms with E-state index in [1.807, 2.05) is 0 Å². The predicted molar refractivity (Wildman–Crippen MR) is 69.5 cm³/mol. The Morgan fingerprint density at radius 1 is 1.00 bits per heavy atom. The Labute approximate surface area is 108 Å². The van der Waals surface area contributed by atoms with Crippen LogP contribution < -0.4 is 5.11 Å². The molecule has 0 spiro atoms. The van der Waals surface area contributed by atoms with Crippen LogP contribution in [0.2, 0.25) is 0 Å². The van der Waals surface area contributed by atoms with E-state index >= 15 is 0 Å². The summed E-state index contributed by atoms with van der Waals surface area (Å²) in [5, 5.41) is 11.8. The zero-order valence-corrected chi connectivity index (χ0v) is 12.1. The van der Waals surface area contributed by atoms with Crippen molar-refractivity contribution in [2.24, 2.45) is 5.41 Å². The van der Waals surface area contributed by atoms with Gasteiger partial charge in [-0.2, -0.15) is 0 Å². The first-order valence-electron chi connectivity index (χ1n) is 6.28. The fourth-order valence-corrected chi connectivity index (χ4v) is 2.04. The van der Waals surface area contributed by atoms with Crippen LogP contribution in [0.4, 0.5) is 0 Å². The first kappa shape index (κ1) is 16.0. The number of carbonyl (C=O) groups is 1. The van der Waals surface area contributed by atoms with Gasteiger partial charge in [-0.25, -0.2) is 0 Å². The molecule has 0 unspecified atom stereocenters. The molecule has 0 N–H and O–H groups in total. The lowest BCUT2D eigenvalue weighted by Crippen LogP contribution is -2.37. The van der Waals surface area contributed by atoms with Gasteiger partial charge in [-0.3, -0.25) is 0 Å². The third kappa shape index (κ3) is 8.14. The normalized spacial score (nSPS) is 11.7. The van der Waals surface area contributed by atoms with Gasteiger partial charge in [0.1, 0.15) is 0 Å². The zero-order valence-electron chi connectivity index (χ0n) is 10.6. The molecule has 0 aromatic carbocycles. The summed E-state index contributed by atoms with van der Waals surface area (Å²) in [7, 11) is 0. The van der Waals surface area contributed by atoms with Gasteiger partial charge in [-0.15, -0.1) is 0 Å². The summed E-state index contributed by atoms with van der Waals surface area (Å²) in [4.78, 5) is 10.7. The van der Waals surface area contributed by atoms with E-state index in [9.17, 15) is 9.90 Å². The molecule has 0 rings (SSSR count). The van der Waals surface area contributed by atoms with Crippen LogP contribution in [0.5, 0.6) is 0 Å². The minimum Gasteiger partial charge on any atom is -0.550 e. The molecular formula is C13H24BrO2-. The number of rotatable bonds is 10. The largest absolute Gasteiger partial charge is 0.550 e. The van der Waals surface area contributed by atoms with Gasteiger partial charge in [-0.05, 0) is 12.8 Å². The van der Waals surface area contributed by atoms with Crippen molar-refractivity contribution in [2.75, 3.05) is 5.33 Å². The molecule has 0 atom stereocenters. The molecule has 16 heavy (non-hydrogen) atoms. The second-order valence-corrected chi connectivity index (χ2v) is 5.88. The number of aliphatic carboxylic acids is 1. The van der Waals surface area contributed by atoms with Crippen LogP contribution in [0.25, 0.3) is 0 Å². The fourth-order valence-electron chi connectivity index (χ4n) is 1.65. The van der Waals surface area contributed by atoms with Crippen LogP contribution in [0.3, 0.4) is 0 Å². The Hall–Kier alpha value is -0.0500. The molecule has 0 aliphatic heterocycles. The van der Waals surface area contributed by atoms with E-state index in [0.717, 1.165) is 24.6 Å². The second kappa shape index (κ2) is 9.03. The van der Waals surface area contributed by atoms with Gasteiger partial charge in [0.15, 0.2) is 0 Å². The standard InChI is InChI=1S/C13H25BrO2/c1-13(2,12(15)16)10-8-6-4-3-5-7-9-11-14/h3-11H2,1-2H3,(H,15,16)/p-1. The van der Waals surface area contributed by atoms with E-state index in [4.69, 9.17) is 0 Å². The highest BCUT2D eigenvalue weighted by Gasteiger charge is 2.18. The molecule has 96 valence electrons. The monoisotopic (exact) mass is 291 g/mol. The SMILES string of the molecule is CC(C)(CCCCCCCCCBr)C(=O)[O-]. The van der Waals surface area contributed by atoms with Crippen LogP contribution in [0.1, 0.15) is 65.2 Å². The maximum Gasteiger partial charge on any atom is 0.0470 e. The average molecular weight is 292 g/mol. The Bertz CT molecular complexity index is 190. The number of hydrogen-bond acceptors (Lipinski definition) is 2. The number of carbonyl (C=O) groups excluding carboxylic acids is 1. The molecule has 0 aliphatic rings. The van der Waals surface area contributed by atoms with E-state index in [2.05, 4.69) is 15.9 Å². The number of halogens is 1. The van der Waals surface area contributed by atoms with Crippen molar-refractivity contribution in [3.8, 4) is 0 Å². The highest BCUT2D eigenvalue weighted by Crippen LogP contribution is 2.23. The molecule has 0 bridgehead atoms. The van der Waals surface area contributed by atoms with Gasteiger partial charge >= 0.3 is 0 Å². The van der Waals surface area contributed by atoms with Gasteiger partial charge in [0, 0.05) is 16.7 Å². The van der Waals surface area contributed by atoms with Gasteiger partial charge < -0.3 is 9.90 Å².